The molecule has 2 aromatic heterocycles. The number of furan rings is 1. The maximum Gasteiger partial charge on any atom is 0.246 e. The van der Waals surface area contributed by atoms with Crippen LogP contribution in [0.25, 0.3) is 17.0 Å². The number of nitrogens with zero attached hydrogens (tertiary/aromatic N) is 2. The van der Waals surface area contributed by atoms with Crippen molar-refractivity contribution in [3.8, 4) is 0 Å². The summed E-state index contributed by atoms with van der Waals surface area (Å²) < 4.78 is 19.6. The van der Waals surface area contributed by atoms with Crippen LogP contribution in [0.15, 0.2) is 41.0 Å². The lowest BCUT2D eigenvalue weighted by molar-refractivity contribution is -0.125. The van der Waals surface area contributed by atoms with Crippen molar-refractivity contribution in [3.05, 3.63) is 64.8 Å². The van der Waals surface area contributed by atoms with E-state index in [9.17, 15) is 14.0 Å². The predicted octanol–water partition coefficient (Wildman–Crippen LogP) is 3.16. The summed E-state index contributed by atoms with van der Waals surface area (Å²) in [6.45, 7) is 2.07. The lowest BCUT2D eigenvalue weighted by Crippen LogP contribution is -2.34. The summed E-state index contributed by atoms with van der Waals surface area (Å²) in [6.07, 6.45) is 5.87. The Balaban J connectivity index is 1.47. The van der Waals surface area contributed by atoms with Crippen LogP contribution >= 0.6 is 0 Å². The Bertz CT molecular complexity index is 1200. The second kappa shape index (κ2) is 8.31. The molecule has 0 aliphatic carbocycles. The third kappa shape index (κ3) is 4.20. The molecule has 0 fully saturated rings. The highest BCUT2D eigenvalue weighted by Gasteiger charge is 2.21. The van der Waals surface area contributed by atoms with E-state index < -0.39 is 11.9 Å². The second-order valence-electron chi connectivity index (χ2n) is 7.71. The molecule has 3 aromatic rings. The number of anilines is 1. The number of halogens is 1. The maximum atomic E-state index is 14.0. The molecule has 160 valence electrons. The van der Waals surface area contributed by atoms with Gasteiger partial charge in [-0.15, -0.1) is 0 Å². The van der Waals surface area contributed by atoms with Gasteiger partial charge in [-0.1, -0.05) is 12.1 Å². The van der Waals surface area contributed by atoms with Gasteiger partial charge in [0.05, 0.1) is 12.6 Å². The molecule has 31 heavy (non-hydrogen) atoms. The van der Waals surface area contributed by atoms with E-state index >= 15 is 0 Å². The number of pyridine rings is 1. The maximum absolute atomic E-state index is 14.0. The van der Waals surface area contributed by atoms with Gasteiger partial charge in [-0.05, 0) is 49.1 Å². The lowest BCUT2D eigenvalue weighted by atomic mass is 10.1. The van der Waals surface area contributed by atoms with Crippen LogP contribution in [0.2, 0.25) is 0 Å². The Labute approximate surface area is 178 Å². The summed E-state index contributed by atoms with van der Waals surface area (Å²) in [5, 5.41) is 3.42. The fraction of sp³-hybridized carbons (Fsp3) is 0.261. The van der Waals surface area contributed by atoms with Crippen LogP contribution < -0.4 is 11.1 Å². The number of aromatic nitrogens is 1. The van der Waals surface area contributed by atoms with Crippen LogP contribution in [-0.4, -0.2) is 34.8 Å². The number of carbonyl (C=O) groups excluding carboxylic acids is 2. The summed E-state index contributed by atoms with van der Waals surface area (Å²) in [4.78, 5) is 30.2. The molecular formula is C23H23FN4O3. The van der Waals surface area contributed by atoms with Gasteiger partial charge in [0.25, 0.3) is 0 Å². The smallest absolute Gasteiger partial charge is 0.246 e. The minimum absolute atomic E-state index is 0.203. The van der Waals surface area contributed by atoms with Crippen LogP contribution in [0.1, 0.15) is 28.9 Å². The van der Waals surface area contributed by atoms with E-state index in [1.165, 1.54) is 17.0 Å². The topological polar surface area (TPSA) is 101 Å². The molecule has 2 amide bonds. The zero-order valence-corrected chi connectivity index (χ0v) is 17.3. The van der Waals surface area contributed by atoms with E-state index in [0.29, 0.717) is 29.8 Å². The fourth-order valence-electron chi connectivity index (χ4n) is 3.57. The first-order valence-corrected chi connectivity index (χ1v) is 9.98. The number of para-hydroxylation sites is 1. The summed E-state index contributed by atoms with van der Waals surface area (Å²) in [7, 11) is 1.65. The van der Waals surface area contributed by atoms with Gasteiger partial charge in [-0.25, -0.2) is 9.37 Å². The van der Waals surface area contributed by atoms with E-state index in [2.05, 4.69) is 10.3 Å². The van der Waals surface area contributed by atoms with Crippen LogP contribution in [0, 0.1) is 12.7 Å². The van der Waals surface area contributed by atoms with Gasteiger partial charge < -0.3 is 20.4 Å². The highest BCUT2D eigenvalue weighted by atomic mass is 19.1. The summed E-state index contributed by atoms with van der Waals surface area (Å²) in [6, 6.07) is 6.11. The number of carbonyl (C=O) groups is 2. The normalized spacial score (nSPS) is 16.3. The number of aryl methyl sites for hydroxylation is 2. The lowest BCUT2D eigenvalue weighted by Gasteiger charge is -2.14. The molecule has 1 aliphatic rings. The van der Waals surface area contributed by atoms with Gasteiger partial charge >= 0.3 is 0 Å². The van der Waals surface area contributed by atoms with E-state index in [1.807, 2.05) is 13.0 Å². The fourth-order valence-corrected chi connectivity index (χ4v) is 3.57. The monoisotopic (exact) mass is 422 g/mol. The van der Waals surface area contributed by atoms with E-state index in [-0.39, 0.29) is 23.9 Å². The number of benzene rings is 1. The SMILES string of the molecule is Cc1c(CN(C)C(=O)C=Cc2cnc3c(c2)CCC(N)C(=O)N3)oc2c(F)cccc12. The van der Waals surface area contributed by atoms with Crippen LogP contribution in [0.5, 0.6) is 0 Å². The molecule has 0 bridgehead atoms. The van der Waals surface area contributed by atoms with Crippen LogP contribution in [0.4, 0.5) is 10.2 Å². The summed E-state index contributed by atoms with van der Waals surface area (Å²) in [5.74, 6) is 0.153. The summed E-state index contributed by atoms with van der Waals surface area (Å²) in [5.41, 5.74) is 8.44. The summed E-state index contributed by atoms with van der Waals surface area (Å²) >= 11 is 0. The van der Waals surface area contributed by atoms with Gasteiger partial charge in [0.1, 0.15) is 11.6 Å². The van der Waals surface area contributed by atoms with Crippen molar-refractivity contribution >= 4 is 34.7 Å². The van der Waals surface area contributed by atoms with Crippen molar-refractivity contribution < 1.29 is 18.4 Å². The number of hydrogen-bond acceptors (Lipinski definition) is 5. The standard InChI is InChI=1S/C23H23FN4O3/c1-13-16-4-3-5-17(24)21(16)31-19(13)12-28(2)20(29)9-6-14-10-15-7-8-18(25)23(30)27-22(15)26-11-14/h3-6,9-11,18H,7-8,12,25H2,1-2H3,(H,26,27,30). The van der Waals surface area contributed by atoms with Crippen molar-refractivity contribution in [1.82, 2.24) is 9.88 Å². The third-order valence-electron chi connectivity index (χ3n) is 5.48. The Morgan fingerprint density at radius 1 is 1.45 bits per heavy atom. The minimum atomic E-state index is -0.557. The van der Waals surface area contributed by atoms with Gasteiger partial charge in [0, 0.05) is 30.3 Å². The average molecular weight is 422 g/mol. The number of likely N-dealkylation sites (N-methyl/N-ethyl adjacent to an activating group) is 1. The molecule has 7 nitrogen and oxygen atoms in total. The van der Waals surface area contributed by atoms with Crippen molar-refractivity contribution in [3.63, 3.8) is 0 Å². The molecule has 0 radical (unpaired) electrons. The molecule has 3 heterocycles. The largest absolute Gasteiger partial charge is 0.456 e. The van der Waals surface area contributed by atoms with Crippen molar-refractivity contribution in [2.24, 2.45) is 5.73 Å². The number of hydrogen-bond donors (Lipinski definition) is 2. The molecule has 1 unspecified atom stereocenters. The average Bonchev–Trinajstić information content (AvgIpc) is 2.99. The van der Waals surface area contributed by atoms with E-state index in [0.717, 1.165) is 16.7 Å². The first kappa shape index (κ1) is 20.7. The highest BCUT2D eigenvalue weighted by molar-refractivity contribution is 5.95. The predicted molar refractivity (Wildman–Crippen MR) is 116 cm³/mol. The van der Waals surface area contributed by atoms with Crippen molar-refractivity contribution in [2.75, 3.05) is 12.4 Å². The third-order valence-corrected chi connectivity index (χ3v) is 5.48. The van der Waals surface area contributed by atoms with Gasteiger partial charge in [-0.2, -0.15) is 0 Å². The molecule has 0 spiro atoms. The Kier molecular flexibility index (Phi) is 5.56. The zero-order chi connectivity index (χ0) is 22.1. The minimum Gasteiger partial charge on any atom is -0.456 e. The molecule has 0 saturated carbocycles. The Hall–Kier alpha value is -3.52. The van der Waals surface area contributed by atoms with Gasteiger partial charge in [0.15, 0.2) is 11.4 Å². The number of rotatable bonds is 4. The first-order valence-electron chi connectivity index (χ1n) is 9.98. The van der Waals surface area contributed by atoms with Crippen molar-refractivity contribution in [2.45, 2.75) is 32.4 Å². The molecule has 3 N–H and O–H groups in total. The highest BCUT2D eigenvalue weighted by Crippen LogP contribution is 2.28. The molecule has 0 saturated heterocycles. The Morgan fingerprint density at radius 2 is 2.26 bits per heavy atom. The van der Waals surface area contributed by atoms with Crippen LogP contribution in [0.3, 0.4) is 0 Å². The molecule has 1 aromatic carbocycles. The van der Waals surface area contributed by atoms with E-state index in [4.69, 9.17) is 10.2 Å². The molecule has 1 atom stereocenters. The quantitative estimate of drug-likeness (QED) is 0.629. The molecule has 1 aliphatic heterocycles. The Morgan fingerprint density at radius 3 is 3.03 bits per heavy atom. The zero-order valence-electron chi connectivity index (χ0n) is 17.3. The first-order chi connectivity index (χ1) is 14.8. The number of nitrogens with two attached hydrogens (primary N) is 1. The van der Waals surface area contributed by atoms with E-state index in [1.54, 1.807) is 31.5 Å². The number of fused-ring (bicyclic) bond motifs is 2. The molecule has 8 heteroatoms. The van der Waals surface area contributed by atoms with Crippen LogP contribution in [-0.2, 0) is 22.6 Å². The van der Waals surface area contributed by atoms with Gasteiger partial charge in [-0.3, -0.25) is 9.59 Å². The van der Waals surface area contributed by atoms with Gasteiger partial charge in [0.2, 0.25) is 11.8 Å². The molecule has 4 rings (SSSR count). The number of nitrogens with one attached hydrogen (secondary N) is 1. The van der Waals surface area contributed by atoms with Crippen molar-refractivity contribution in [1.29, 1.82) is 0 Å². The second-order valence-corrected chi connectivity index (χ2v) is 7.71. The molecular weight excluding hydrogens is 399 g/mol. The number of amides is 2.